The van der Waals surface area contributed by atoms with Crippen LogP contribution >= 0.6 is 11.6 Å². The van der Waals surface area contributed by atoms with Crippen LogP contribution in [0.3, 0.4) is 0 Å². The lowest BCUT2D eigenvalue weighted by Gasteiger charge is -2.37. The average Bonchev–Trinajstić information content (AvgIpc) is 3.40. The molecular formula is C37H42BrClN2O2. The van der Waals surface area contributed by atoms with Crippen LogP contribution in [0.4, 0.5) is 0 Å². The van der Waals surface area contributed by atoms with E-state index in [-0.39, 0.29) is 22.9 Å². The van der Waals surface area contributed by atoms with Crippen LogP contribution in [0.5, 0.6) is 0 Å². The summed E-state index contributed by atoms with van der Waals surface area (Å²) >= 11 is 6.20. The molecule has 0 spiro atoms. The van der Waals surface area contributed by atoms with Crippen molar-refractivity contribution in [2.45, 2.75) is 53.6 Å². The maximum atomic E-state index is 13.9. The molecule has 4 nitrogen and oxygen atoms in total. The van der Waals surface area contributed by atoms with Crippen molar-refractivity contribution in [3.05, 3.63) is 118 Å². The second-order valence-corrected chi connectivity index (χ2v) is 12.2. The number of carbonyl (C=O) groups excluding carboxylic acids is 1. The van der Waals surface area contributed by atoms with E-state index in [4.69, 9.17) is 16.0 Å². The molecule has 0 N–H and O–H groups in total. The lowest BCUT2D eigenvalue weighted by atomic mass is 10.1. The third-order valence-corrected chi connectivity index (χ3v) is 8.85. The Hall–Kier alpha value is -3.12. The van der Waals surface area contributed by atoms with Gasteiger partial charge in [0, 0.05) is 29.1 Å². The first kappa shape index (κ1) is 32.8. The van der Waals surface area contributed by atoms with Gasteiger partial charge in [-0.25, -0.2) is 0 Å². The maximum Gasteiger partial charge on any atom is 0.289 e. The van der Waals surface area contributed by atoms with E-state index in [0.29, 0.717) is 29.5 Å². The van der Waals surface area contributed by atoms with E-state index in [2.05, 4.69) is 88.4 Å². The molecule has 5 aromatic rings. The van der Waals surface area contributed by atoms with Crippen LogP contribution in [-0.4, -0.2) is 41.5 Å². The van der Waals surface area contributed by atoms with Gasteiger partial charge in [-0.05, 0) is 87.2 Å². The van der Waals surface area contributed by atoms with Crippen molar-refractivity contribution < 1.29 is 30.7 Å². The number of furan rings is 1. The zero-order chi connectivity index (χ0) is 29.7. The van der Waals surface area contributed by atoms with Crippen molar-refractivity contribution in [1.82, 2.24) is 4.90 Å². The first-order chi connectivity index (χ1) is 20.3. The fourth-order valence-electron chi connectivity index (χ4n) is 6.23. The number of benzene rings is 4. The topological polar surface area (TPSA) is 33.5 Å². The summed E-state index contributed by atoms with van der Waals surface area (Å²) < 4.78 is 7.05. The molecule has 4 aromatic carbocycles. The fourth-order valence-corrected chi connectivity index (χ4v) is 6.41. The summed E-state index contributed by atoms with van der Waals surface area (Å²) in [5.41, 5.74) is 5.85. The van der Waals surface area contributed by atoms with Gasteiger partial charge < -0.3 is 30.8 Å². The summed E-state index contributed by atoms with van der Waals surface area (Å²) in [6.45, 7) is 14.5. The van der Waals surface area contributed by atoms with Crippen molar-refractivity contribution in [3.8, 4) is 0 Å². The summed E-state index contributed by atoms with van der Waals surface area (Å²) in [4.78, 5) is 15.8. The standard InChI is InChI=1S/C37H42ClN2O2.BrH/c1-5-40(6-2,26-30-20-27(3)19-28(4)21-30)18-10-9-17-39(25-29-13-14-31-11-7-8-12-32(31)22-29)37(41)36-24-33-23-34(38)15-16-35(33)42-36;/h7-8,11-16,19-24H,5-6,9-10,17-18,25-26H2,1-4H3;1H/q+1;/p-1. The van der Waals surface area contributed by atoms with Gasteiger partial charge in [0.05, 0.1) is 19.6 Å². The van der Waals surface area contributed by atoms with Crippen molar-refractivity contribution in [3.63, 3.8) is 0 Å². The van der Waals surface area contributed by atoms with E-state index in [1.807, 2.05) is 23.1 Å². The van der Waals surface area contributed by atoms with Gasteiger partial charge in [-0.2, -0.15) is 0 Å². The molecule has 0 radical (unpaired) electrons. The first-order valence-electron chi connectivity index (χ1n) is 15.2. The quantitative estimate of drug-likeness (QED) is 0.116. The number of nitrogens with zero attached hydrogens (tertiary/aromatic N) is 2. The van der Waals surface area contributed by atoms with E-state index in [9.17, 15) is 4.79 Å². The summed E-state index contributed by atoms with van der Waals surface area (Å²) in [6.07, 6.45) is 1.97. The van der Waals surface area contributed by atoms with Crippen molar-refractivity contribution >= 4 is 39.2 Å². The van der Waals surface area contributed by atoms with Crippen LogP contribution in [0.1, 0.15) is 59.5 Å². The summed E-state index contributed by atoms with van der Waals surface area (Å²) in [7, 11) is 0. The Morgan fingerprint density at radius 3 is 2.23 bits per heavy atom. The number of aryl methyl sites for hydroxylation is 2. The van der Waals surface area contributed by atoms with Crippen molar-refractivity contribution in [2.75, 3.05) is 26.2 Å². The van der Waals surface area contributed by atoms with Gasteiger partial charge in [0.1, 0.15) is 12.1 Å². The van der Waals surface area contributed by atoms with Gasteiger partial charge in [0.25, 0.3) is 5.91 Å². The number of halogens is 2. The van der Waals surface area contributed by atoms with Crippen molar-refractivity contribution in [1.29, 1.82) is 0 Å². The van der Waals surface area contributed by atoms with E-state index in [1.54, 1.807) is 6.07 Å². The Morgan fingerprint density at radius 2 is 1.51 bits per heavy atom. The van der Waals surface area contributed by atoms with Gasteiger partial charge in [0.15, 0.2) is 5.76 Å². The van der Waals surface area contributed by atoms with Crippen LogP contribution in [0.2, 0.25) is 5.02 Å². The Labute approximate surface area is 271 Å². The SMILES string of the molecule is CC[N+](CC)(CCCCN(Cc1ccc2ccccc2c1)C(=O)c1cc2cc(Cl)ccc2o1)Cc1cc(C)cc(C)c1.[Br-]. The fraction of sp³-hybridized carbons (Fsp3) is 0.324. The normalized spacial score (nSPS) is 11.6. The van der Waals surface area contributed by atoms with Crippen LogP contribution in [0.15, 0.2) is 89.3 Å². The van der Waals surface area contributed by atoms with Crippen LogP contribution in [-0.2, 0) is 13.1 Å². The number of hydrogen-bond acceptors (Lipinski definition) is 2. The Kier molecular flexibility index (Phi) is 11.1. The highest BCUT2D eigenvalue weighted by Crippen LogP contribution is 2.26. The number of rotatable bonds is 12. The first-order valence-corrected chi connectivity index (χ1v) is 15.5. The molecule has 43 heavy (non-hydrogen) atoms. The lowest BCUT2D eigenvalue weighted by Crippen LogP contribution is -3.00. The molecule has 0 saturated heterocycles. The monoisotopic (exact) mass is 660 g/mol. The smallest absolute Gasteiger partial charge is 0.289 e. The third-order valence-electron chi connectivity index (χ3n) is 8.62. The van der Waals surface area contributed by atoms with Crippen LogP contribution in [0.25, 0.3) is 21.7 Å². The predicted molar refractivity (Wildman–Crippen MR) is 175 cm³/mol. The molecule has 0 saturated carbocycles. The second-order valence-electron chi connectivity index (χ2n) is 11.8. The van der Waals surface area contributed by atoms with Crippen LogP contribution < -0.4 is 17.0 Å². The molecule has 226 valence electrons. The van der Waals surface area contributed by atoms with Gasteiger partial charge in [-0.1, -0.05) is 77.3 Å². The van der Waals surface area contributed by atoms with E-state index in [0.717, 1.165) is 54.5 Å². The average molecular weight is 662 g/mol. The van der Waals surface area contributed by atoms with Crippen LogP contribution in [0, 0.1) is 13.8 Å². The minimum atomic E-state index is -0.0857. The zero-order valence-electron chi connectivity index (χ0n) is 25.7. The van der Waals surface area contributed by atoms with Gasteiger partial charge in [-0.3, -0.25) is 4.79 Å². The van der Waals surface area contributed by atoms with E-state index in [1.165, 1.54) is 27.5 Å². The molecule has 0 bridgehead atoms. The molecule has 0 aliphatic rings. The minimum absolute atomic E-state index is 0. The Balaban J connectivity index is 0.00000423. The maximum absolute atomic E-state index is 13.9. The number of fused-ring (bicyclic) bond motifs is 2. The predicted octanol–water partition coefficient (Wildman–Crippen LogP) is 6.34. The molecule has 1 heterocycles. The lowest BCUT2D eigenvalue weighted by molar-refractivity contribution is -0.938. The molecule has 0 atom stereocenters. The number of carbonyl (C=O) groups is 1. The molecule has 0 unspecified atom stereocenters. The molecule has 5 rings (SSSR count). The number of amides is 1. The highest BCUT2D eigenvalue weighted by molar-refractivity contribution is 6.31. The van der Waals surface area contributed by atoms with Gasteiger partial charge in [-0.15, -0.1) is 0 Å². The number of quaternary nitrogens is 1. The molecule has 1 aromatic heterocycles. The van der Waals surface area contributed by atoms with Gasteiger partial charge >= 0.3 is 0 Å². The molecule has 0 aliphatic carbocycles. The van der Waals surface area contributed by atoms with Crippen molar-refractivity contribution in [2.24, 2.45) is 0 Å². The minimum Gasteiger partial charge on any atom is -1.00 e. The number of unbranched alkanes of at least 4 members (excludes halogenated alkanes) is 1. The zero-order valence-corrected chi connectivity index (χ0v) is 28.0. The van der Waals surface area contributed by atoms with E-state index < -0.39 is 0 Å². The highest BCUT2D eigenvalue weighted by Gasteiger charge is 2.25. The van der Waals surface area contributed by atoms with E-state index >= 15 is 0 Å². The highest BCUT2D eigenvalue weighted by atomic mass is 79.9. The van der Waals surface area contributed by atoms with Gasteiger partial charge in [0.2, 0.25) is 0 Å². The molecule has 6 heteroatoms. The molecule has 1 amide bonds. The molecule has 0 aliphatic heterocycles. The Morgan fingerprint density at radius 1 is 0.791 bits per heavy atom. The summed E-state index contributed by atoms with van der Waals surface area (Å²) in [5.74, 6) is 0.271. The second kappa shape index (κ2) is 14.6. The number of hydrogen-bond donors (Lipinski definition) is 0. The molecular weight excluding hydrogens is 620 g/mol. The summed E-state index contributed by atoms with van der Waals surface area (Å²) in [6, 6.07) is 29.0. The Bertz CT molecular complexity index is 1670. The largest absolute Gasteiger partial charge is 1.00 e. The summed E-state index contributed by atoms with van der Waals surface area (Å²) in [5, 5.41) is 3.85. The molecule has 0 fully saturated rings. The third kappa shape index (κ3) is 8.08.